The molecule has 1 aliphatic rings. The zero-order chi connectivity index (χ0) is 23.6. The summed E-state index contributed by atoms with van der Waals surface area (Å²) in [6.45, 7) is 3.74. The molecule has 0 saturated heterocycles. The van der Waals surface area contributed by atoms with E-state index in [0.29, 0.717) is 27.5 Å². The number of nitrogens with two attached hydrogens (primary N) is 1. The van der Waals surface area contributed by atoms with Gasteiger partial charge < -0.3 is 16.4 Å². The molecule has 0 aliphatic carbocycles. The first-order valence-electron chi connectivity index (χ1n) is 9.93. The maximum atomic E-state index is 13.2. The van der Waals surface area contributed by atoms with E-state index in [1.165, 1.54) is 42.6 Å². The third kappa shape index (κ3) is 4.70. The van der Waals surface area contributed by atoms with Crippen LogP contribution in [0, 0.1) is 10.6 Å². The molecule has 1 heterocycles. The van der Waals surface area contributed by atoms with Crippen molar-refractivity contribution < 1.29 is 13.4 Å². The molecule has 4 rings (SSSR count). The topological polar surface area (TPSA) is 108 Å². The van der Waals surface area contributed by atoms with Crippen LogP contribution in [0.1, 0.15) is 10.4 Å². The van der Waals surface area contributed by atoms with Gasteiger partial charge in [-0.05, 0) is 71.8 Å². The number of hydrogen-bond donors (Lipinski definition) is 4. The highest BCUT2D eigenvalue weighted by molar-refractivity contribution is 7.96. The molecule has 1 unspecified atom stereocenters. The van der Waals surface area contributed by atoms with Gasteiger partial charge >= 0.3 is 0 Å². The Balaban J connectivity index is 1.54. The first-order valence-corrected chi connectivity index (χ1v) is 11.5. The summed E-state index contributed by atoms with van der Waals surface area (Å²) in [6, 6.07) is 17.2. The lowest BCUT2D eigenvalue weighted by molar-refractivity contribution is 0.102. The number of dihydropyridines is 1. The molecular weight excluding hydrogens is 439 g/mol. The molecule has 3 aromatic rings. The predicted octanol–water partition coefficient (Wildman–Crippen LogP) is 5.25. The molecule has 0 aromatic heterocycles. The fourth-order valence-electron chi connectivity index (χ4n) is 3.24. The molecular formula is C25H21FN4O2S. The monoisotopic (exact) mass is 460 g/mol. The predicted molar refractivity (Wildman–Crippen MR) is 129 cm³/mol. The van der Waals surface area contributed by atoms with Gasteiger partial charge in [0.15, 0.2) is 0 Å². The minimum absolute atomic E-state index is 0.280. The van der Waals surface area contributed by atoms with E-state index in [1.54, 1.807) is 42.5 Å². The highest BCUT2D eigenvalue weighted by Gasteiger charge is 2.17. The molecule has 1 atom stereocenters. The third-order valence-corrected chi connectivity index (χ3v) is 6.96. The van der Waals surface area contributed by atoms with Crippen LogP contribution in [0.4, 0.5) is 15.8 Å². The largest absolute Gasteiger partial charge is 0.397 e. The molecule has 6 nitrogen and oxygen atoms in total. The Labute approximate surface area is 191 Å². The smallest absolute Gasteiger partial charge is 0.255 e. The maximum absolute atomic E-state index is 13.2. The Bertz CT molecular complexity index is 1410. The molecule has 8 heteroatoms. The zero-order valence-corrected chi connectivity index (χ0v) is 18.3. The number of hydrogen-bond acceptors (Lipinski definition) is 5. The van der Waals surface area contributed by atoms with E-state index in [2.05, 4.69) is 17.2 Å². The standard InChI is InChI=1S/C25H21FN4O2S/c1-16-2-10-22(15-29-16)33(28,32)21-11-5-18(6-12-21)25(31)30-24-14-19(7-13-23(24)27)17-3-8-20(26)9-4-17/h2-15,28-29H,1,27H2,(H,30,31). The fourth-order valence-corrected chi connectivity index (χ4v) is 4.51. The lowest BCUT2D eigenvalue weighted by Gasteiger charge is -2.14. The second-order valence-electron chi connectivity index (χ2n) is 7.39. The van der Waals surface area contributed by atoms with Gasteiger partial charge in [0.1, 0.15) is 15.5 Å². The average molecular weight is 461 g/mol. The van der Waals surface area contributed by atoms with E-state index in [4.69, 9.17) is 10.5 Å². The van der Waals surface area contributed by atoms with Crippen LogP contribution >= 0.6 is 0 Å². The van der Waals surface area contributed by atoms with Gasteiger partial charge in [0.05, 0.1) is 21.2 Å². The number of carbonyl (C=O) groups excluding carboxylic acids is 1. The summed E-state index contributed by atoms with van der Waals surface area (Å²) in [6.07, 6.45) is 4.73. The lowest BCUT2D eigenvalue weighted by Crippen LogP contribution is -2.14. The van der Waals surface area contributed by atoms with Gasteiger partial charge in [-0.25, -0.2) is 13.4 Å². The van der Waals surface area contributed by atoms with Crippen molar-refractivity contribution in [2.75, 3.05) is 11.1 Å². The summed E-state index contributed by atoms with van der Waals surface area (Å²) >= 11 is 0. The number of amides is 1. The molecule has 0 fully saturated rings. The fraction of sp³-hybridized carbons (Fsp3) is 0. The number of carbonyl (C=O) groups is 1. The van der Waals surface area contributed by atoms with E-state index >= 15 is 0 Å². The van der Waals surface area contributed by atoms with E-state index in [9.17, 15) is 13.4 Å². The van der Waals surface area contributed by atoms with Gasteiger partial charge in [-0.1, -0.05) is 24.8 Å². The Morgan fingerprint density at radius 2 is 1.67 bits per heavy atom. The average Bonchev–Trinajstić information content (AvgIpc) is 2.81. The summed E-state index contributed by atoms with van der Waals surface area (Å²) in [4.78, 5) is 13.4. The molecule has 0 bridgehead atoms. The van der Waals surface area contributed by atoms with Crippen molar-refractivity contribution in [3.05, 3.63) is 114 Å². The summed E-state index contributed by atoms with van der Waals surface area (Å²) in [7, 11) is -3.24. The highest BCUT2D eigenvalue weighted by atomic mass is 32.2. The molecule has 33 heavy (non-hydrogen) atoms. The van der Waals surface area contributed by atoms with Crippen LogP contribution in [-0.4, -0.2) is 10.1 Å². The number of anilines is 2. The summed E-state index contributed by atoms with van der Waals surface area (Å²) in [5.74, 6) is -0.740. The van der Waals surface area contributed by atoms with Gasteiger partial charge in [0, 0.05) is 17.5 Å². The Morgan fingerprint density at radius 3 is 2.30 bits per heavy atom. The number of halogens is 1. The van der Waals surface area contributed by atoms with Crippen LogP contribution in [0.25, 0.3) is 11.1 Å². The Kier molecular flexibility index (Phi) is 5.85. The van der Waals surface area contributed by atoms with Crippen LogP contribution in [0.2, 0.25) is 0 Å². The van der Waals surface area contributed by atoms with Gasteiger partial charge in [-0.15, -0.1) is 0 Å². The van der Waals surface area contributed by atoms with Crippen molar-refractivity contribution in [3.8, 4) is 11.1 Å². The summed E-state index contributed by atoms with van der Waals surface area (Å²) in [5, 5.41) is 5.63. The minimum atomic E-state index is -3.24. The Morgan fingerprint density at radius 1 is 1.00 bits per heavy atom. The molecule has 0 radical (unpaired) electrons. The molecule has 0 spiro atoms. The quantitative estimate of drug-likeness (QED) is 0.390. The van der Waals surface area contributed by atoms with Crippen LogP contribution in [0.15, 0.2) is 107 Å². The SMILES string of the molecule is C=C1C=CC(S(=N)(=O)c2ccc(C(=O)Nc3cc(-c4ccc(F)cc4)ccc3N)cc2)=CN1. The second-order valence-corrected chi connectivity index (χ2v) is 9.45. The molecule has 1 aliphatic heterocycles. The van der Waals surface area contributed by atoms with Gasteiger partial charge in [-0.2, -0.15) is 0 Å². The van der Waals surface area contributed by atoms with E-state index in [-0.39, 0.29) is 10.7 Å². The van der Waals surface area contributed by atoms with Crippen LogP contribution in [0.3, 0.4) is 0 Å². The molecule has 166 valence electrons. The number of rotatable bonds is 5. The zero-order valence-electron chi connectivity index (χ0n) is 17.5. The van der Waals surface area contributed by atoms with Gasteiger partial charge in [-0.3, -0.25) is 4.79 Å². The summed E-state index contributed by atoms with van der Waals surface area (Å²) < 4.78 is 34.5. The molecule has 5 N–H and O–H groups in total. The van der Waals surface area contributed by atoms with Crippen molar-refractivity contribution in [2.45, 2.75) is 4.90 Å². The second kappa shape index (κ2) is 8.76. The van der Waals surface area contributed by atoms with Crippen molar-refractivity contribution in [1.82, 2.24) is 5.32 Å². The van der Waals surface area contributed by atoms with Crippen molar-refractivity contribution in [1.29, 1.82) is 4.78 Å². The van der Waals surface area contributed by atoms with Crippen molar-refractivity contribution in [3.63, 3.8) is 0 Å². The minimum Gasteiger partial charge on any atom is -0.397 e. The van der Waals surface area contributed by atoms with Crippen molar-refractivity contribution in [2.24, 2.45) is 0 Å². The number of benzene rings is 3. The van der Waals surface area contributed by atoms with Gasteiger partial charge in [0.2, 0.25) is 0 Å². The highest BCUT2D eigenvalue weighted by Crippen LogP contribution is 2.28. The van der Waals surface area contributed by atoms with Crippen LogP contribution in [-0.2, 0) is 9.73 Å². The summed E-state index contributed by atoms with van der Waals surface area (Å²) in [5.41, 5.74) is 9.34. The first-order chi connectivity index (χ1) is 15.7. The van der Waals surface area contributed by atoms with E-state index in [0.717, 1.165) is 11.1 Å². The number of nitrogens with one attached hydrogen (secondary N) is 3. The number of allylic oxidation sites excluding steroid dienone is 2. The van der Waals surface area contributed by atoms with Crippen LogP contribution < -0.4 is 16.4 Å². The molecule has 1 amide bonds. The molecule has 3 aromatic carbocycles. The third-order valence-electron chi connectivity index (χ3n) is 5.11. The number of nitrogen functional groups attached to an aromatic ring is 1. The normalized spacial score (nSPS) is 14.7. The lowest BCUT2D eigenvalue weighted by atomic mass is 10.0. The molecule has 0 saturated carbocycles. The maximum Gasteiger partial charge on any atom is 0.255 e. The van der Waals surface area contributed by atoms with Crippen molar-refractivity contribution >= 4 is 27.0 Å². The van der Waals surface area contributed by atoms with E-state index in [1.807, 2.05) is 0 Å². The Hall–Kier alpha value is -4.17. The van der Waals surface area contributed by atoms with E-state index < -0.39 is 15.6 Å². The van der Waals surface area contributed by atoms with Gasteiger partial charge in [0.25, 0.3) is 5.91 Å². The van der Waals surface area contributed by atoms with Crippen LogP contribution in [0.5, 0.6) is 0 Å². The first kappa shape index (κ1) is 22.0.